The van der Waals surface area contributed by atoms with Gasteiger partial charge in [-0.1, -0.05) is 27.2 Å². The van der Waals surface area contributed by atoms with Gasteiger partial charge in [0.05, 0.1) is 0 Å². The summed E-state index contributed by atoms with van der Waals surface area (Å²) in [6.07, 6.45) is 4.38. The molecule has 0 saturated heterocycles. The van der Waals surface area contributed by atoms with E-state index in [0.717, 1.165) is 19.3 Å². The van der Waals surface area contributed by atoms with Crippen LogP contribution in [0, 0.1) is 5.92 Å². The van der Waals surface area contributed by atoms with E-state index >= 15 is 0 Å². The van der Waals surface area contributed by atoms with E-state index in [1.807, 2.05) is 13.8 Å². The van der Waals surface area contributed by atoms with Crippen molar-refractivity contribution in [1.29, 1.82) is 0 Å². The first-order valence-corrected chi connectivity index (χ1v) is 9.10. The number of nitrogens with zero attached hydrogens (tertiary/aromatic N) is 1. The lowest BCUT2D eigenvalue weighted by Crippen LogP contribution is -2.34. The Labute approximate surface area is 128 Å². The molecule has 0 aliphatic rings. The van der Waals surface area contributed by atoms with E-state index < -0.39 is 10.0 Å². The minimum atomic E-state index is -3.55. The standard InChI is InChI=1S/C15H27N3O2S/c1-5-9-16-15-14(8-7-10-17-15)21(19,20)18-13(4)11-12(3)6-2/h7-8,10,12-13,18H,5-6,9,11H2,1-4H3,(H,16,17). The Morgan fingerprint density at radius 1 is 1.29 bits per heavy atom. The highest BCUT2D eigenvalue weighted by molar-refractivity contribution is 7.89. The fraction of sp³-hybridized carbons (Fsp3) is 0.667. The van der Waals surface area contributed by atoms with Crippen LogP contribution in [0.5, 0.6) is 0 Å². The Kier molecular flexibility index (Phi) is 7.11. The molecule has 1 aromatic heterocycles. The highest BCUT2D eigenvalue weighted by atomic mass is 32.2. The molecule has 6 heteroatoms. The number of rotatable bonds is 9. The van der Waals surface area contributed by atoms with Gasteiger partial charge in [-0.05, 0) is 37.8 Å². The minimum absolute atomic E-state index is 0.0934. The third-order valence-corrected chi connectivity index (χ3v) is 5.03. The summed E-state index contributed by atoms with van der Waals surface area (Å²) in [6, 6.07) is 3.14. The molecule has 0 bridgehead atoms. The molecule has 21 heavy (non-hydrogen) atoms. The summed E-state index contributed by atoms with van der Waals surface area (Å²) in [5.74, 6) is 0.914. The lowest BCUT2D eigenvalue weighted by molar-refractivity contribution is 0.445. The van der Waals surface area contributed by atoms with Crippen LogP contribution in [0.1, 0.15) is 47.0 Å². The fourth-order valence-corrected chi connectivity index (χ4v) is 3.52. The Morgan fingerprint density at radius 2 is 2.00 bits per heavy atom. The van der Waals surface area contributed by atoms with Crippen LogP contribution < -0.4 is 10.0 Å². The Hall–Kier alpha value is -1.14. The predicted molar refractivity (Wildman–Crippen MR) is 86.9 cm³/mol. The van der Waals surface area contributed by atoms with Gasteiger partial charge in [0.25, 0.3) is 0 Å². The van der Waals surface area contributed by atoms with Gasteiger partial charge in [-0.3, -0.25) is 0 Å². The van der Waals surface area contributed by atoms with Gasteiger partial charge < -0.3 is 5.32 Å². The monoisotopic (exact) mass is 313 g/mol. The Balaban J connectivity index is 2.87. The third-order valence-electron chi connectivity index (χ3n) is 3.41. The number of sulfonamides is 1. The van der Waals surface area contributed by atoms with Crippen LogP contribution in [0.4, 0.5) is 5.82 Å². The summed E-state index contributed by atoms with van der Waals surface area (Å²) in [6.45, 7) is 8.86. The molecule has 1 aromatic rings. The predicted octanol–water partition coefficient (Wildman–Crippen LogP) is 3.01. The SMILES string of the molecule is CCCNc1ncccc1S(=O)(=O)NC(C)CC(C)CC. The quantitative estimate of drug-likeness (QED) is 0.735. The van der Waals surface area contributed by atoms with E-state index in [9.17, 15) is 8.42 Å². The molecule has 120 valence electrons. The number of hydrogen-bond donors (Lipinski definition) is 2. The summed E-state index contributed by atoms with van der Waals surface area (Å²) in [5, 5.41) is 3.06. The lowest BCUT2D eigenvalue weighted by atomic mass is 10.0. The van der Waals surface area contributed by atoms with Crippen molar-refractivity contribution in [3.8, 4) is 0 Å². The van der Waals surface area contributed by atoms with Crippen LogP contribution in [0.25, 0.3) is 0 Å². The second kappa shape index (κ2) is 8.34. The van der Waals surface area contributed by atoms with Crippen molar-refractivity contribution in [3.63, 3.8) is 0 Å². The Morgan fingerprint density at radius 3 is 2.62 bits per heavy atom. The third kappa shape index (κ3) is 5.63. The molecule has 1 rings (SSSR count). The molecule has 0 spiro atoms. The zero-order valence-electron chi connectivity index (χ0n) is 13.4. The topological polar surface area (TPSA) is 71.1 Å². The molecule has 1 heterocycles. The second-order valence-corrected chi connectivity index (χ2v) is 7.23. The van der Waals surface area contributed by atoms with Gasteiger partial charge in [0.1, 0.15) is 10.7 Å². The highest BCUT2D eigenvalue weighted by Crippen LogP contribution is 2.19. The van der Waals surface area contributed by atoms with Crippen molar-refractivity contribution in [2.24, 2.45) is 5.92 Å². The maximum atomic E-state index is 12.5. The zero-order chi connectivity index (χ0) is 15.9. The molecule has 2 unspecified atom stereocenters. The van der Waals surface area contributed by atoms with Gasteiger partial charge in [-0.15, -0.1) is 0 Å². The van der Waals surface area contributed by atoms with Gasteiger partial charge in [0.2, 0.25) is 10.0 Å². The number of pyridine rings is 1. The first kappa shape index (κ1) is 17.9. The van der Waals surface area contributed by atoms with E-state index in [1.165, 1.54) is 0 Å². The summed E-state index contributed by atoms with van der Waals surface area (Å²) in [5.41, 5.74) is 0. The maximum Gasteiger partial charge on any atom is 0.244 e. The molecule has 0 aromatic carbocycles. The number of nitrogens with one attached hydrogen (secondary N) is 2. The van der Waals surface area contributed by atoms with Gasteiger partial charge in [0, 0.05) is 18.8 Å². The van der Waals surface area contributed by atoms with Crippen molar-refractivity contribution >= 4 is 15.8 Å². The van der Waals surface area contributed by atoms with Crippen LogP contribution >= 0.6 is 0 Å². The molecule has 0 fully saturated rings. The molecule has 0 saturated carbocycles. The summed E-state index contributed by atoms with van der Waals surface area (Å²) < 4.78 is 27.8. The smallest absolute Gasteiger partial charge is 0.244 e. The molecule has 2 N–H and O–H groups in total. The first-order chi connectivity index (χ1) is 9.90. The Bertz CT molecular complexity index is 531. The van der Waals surface area contributed by atoms with Crippen LogP contribution in [-0.4, -0.2) is 26.0 Å². The average molecular weight is 313 g/mol. The highest BCUT2D eigenvalue weighted by Gasteiger charge is 2.22. The first-order valence-electron chi connectivity index (χ1n) is 7.61. The number of aromatic nitrogens is 1. The lowest BCUT2D eigenvalue weighted by Gasteiger charge is -2.18. The van der Waals surface area contributed by atoms with E-state index in [2.05, 4.69) is 28.9 Å². The van der Waals surface area contributed by atoms with E-state index in [0.29, 0.717) is 18.3 Å². The van der Waals surface area contributed by atoms with Crippen molar-refractivity contribution < 1.29 is 8.42 Å². The van der Waals surface area contributed by atoms with E-state index in [1.54, 1.807) is 18.3 Å². The largest absolute Gasteiger partial charge is 0.369 e. The van der Waals surface area contributed by atoms with Crippen LogP contribution in [0.3, 0.4) is 0 Å². The number of hydrogen-bond acceptors (Lipinski definition) is 4. The summed E-state index contributed by atoms with van der Waals surface area (Å²) >= 11 is 0. The van der Waals surface area contributed by atoms with Gasteiger partial charge >= 0.3 is 0 Å². The molecule has 0 radical (unpaired) electrons. The minimum Gasteiger partial charge on any atom is -0.369 e. The normalized spacial score (nSPS) is 14.7. The number of anilines is 1. The molecule has 5 nitrogen and oxygen atoms in total. The van der Waals surface area contributed by atoms with Crippen molar-refractivity contribution in [1.82, 2.24) is 9.71 Å². The fourth-order valence-electron chi connectivity index (χ4n) is 2.13. The van der Waals surface area contributed by atoms with Gasteiger partial charge in [-0.2, -0.15) is 0 Å². The van der Waals surface area contributed by atoms with Crippen molar-refractivity contribution in [2.45, 2.75) is 57.9 Å². The summed E-state index contributed by atoms with van der Waals surface area (Å²) in [4.78, 5) is 4.35. The van der Waals surface area contributed by atoms with Crippen LogP contribution in [-0.2, 0) is 10.0 Å². The van der Waals surface area contributed by atoms with Gasteiger partial charge in [-0.25, -0.2) is 18.1 Å². The molecule has 2 atom stereocenters. The summed E-state index contributed by atoms with van der Waals surface area (Å²) in [7, 11) is -3.55. The molecular formula is C15H27N3O2S. The van der Waals surface area contributed by atoms with E-state index in [-0.39, 0.29) is 10.9 Å². The second-order valence-electron chi connectivity index (χ2n) is 5.55. The molecular weight excluding hydrogens is 286 g/mol. The zero-order valence-corrected chi connectivity index (χ0v) is 14.2. The molecule has 0 amide bonds. The molecule has 0 aliphatic heterocycles. The maximum absolute atomic E-state index is 12.5. The molecule has 0 aliphatic carbocycles. The van der Waals surface area contributed by atoms with Gasteiger partial charge in [0.15, 0.2) is 0 Å². The van der Waals surface area contributed by atoms with Crippen LogP contribution in [0.2, 0.25) is 0 Å². The van der Waals surface area contributed by atoms with E-state index in [4.69, 9.17) is 0 Å². The van der Waals surface area contributed by atoms with Crippen molar-refractivity contribution in [3.05, 3.63) is 18.3 Å². The average Bonchev–Trinajstić information content (AvgIpc) is 2.44. The van der Waals surface area contributed by atoms with Crippen LogP contribution in [0.15, 0.2) is 23.2 Å². The van der Waals surface area contributed by atoms with Crippen molar-refractivity contribution in [2.75, 3.05) is 11.9 Å².